The molecule has 0 bridgehead atoms. The molecule has 2 aromatic rings. The molecule has 4 rings (SSSR count). The molecule has 8 heteroatoms. The second-order valence-electron chi connectivity index (χ2n) is 6.18. The third-order valence-corrected chi connectivity index (χ3v) is 6.09. The van der Waals surface area contributed by atoms with E-state index in [0.29, 0.717) is 11.0 Å². The van der Waals surface area contributed by atoms with E-state index in [4.69, 9.17) is 4.74 Å². The minimum Gasteiger partial charge on any atom is -0.378 e. The van der Waals surface area contributed by atoms with Crippen LogP contribution in [0.15, 0.2) is 17.8 Å². The van der Waals surface area contributed by atoms with Gasteiger partial charge in [0.2, 0.25) is 0 Å². The van der Waals surface area contributed by atoms with E-state index >= 15 is 0 Å². The van der Waals surface area contributed by atoms with Gasteiger partial charge in [0.05, 0.1) is 11.8 Å². The summed E-state index contributed by atoms with van der Waals surface area (Å²) in [7, 11) is 0. The van der Waals surface area contributed by atoms with Gasteiger partial charge in [0, 0.05) is 18.1 Å². The maximum atomic E-state index is 12.7. The highest BCUT2D eigenvalue weighted by molar-refractivity contribution is 7.12. The van der Waals surface area contributed by atoms with Gasteiger partial charge in [-0.25, -0.2) is 0 Å². The van der Waals surface area contributed by atoms with Crippen molar-refractivity contribution in [3.63, 3.8) is 0 Å². The number of aromatic nitrogens is 4. The van der Waals surface area contributed by atoms with Crippen LogP contribution in [0.4, 0.5) is 0 Å². The van der Waals surface area contributed by atoms with Gasteiger partial charge in [-0.2, -0.15) is 4.68 Å². The van der Waals surface area contributed by atoms with Crippen molar-refractivity contribution in [2.45, 2.75) is 44.8 Å². The third kappa shape index (κ3) is 2.28. The average Bonchev–Trinajstić information content (AvgIpc) is 3.14. The number of carbonyl (C=O) groups is 1. The molecule has 0 radical (unpaired) electrons. The Balaban J connectivity index is 1.48. The van der Waals surface area contributed by atoms with Crippen LogP contribution >= 0.6 is 11.3 Å². The van der Waals surface area contributed by atoms with Gasteiger partial charge in [-0.15, -0.1) is 16.4 Å². The highest BCUT2D eigenvalue weighted by Gasteiger charge is 2.59. The molecule has 1 spiro atoms. The van der Waals surface area contributed by atoms with E-state index in [1.807, 2.05) is 18.4 Å². The first kappa shape index (κ1) is 14.8. The molecule has 2 saturated carbocycles. The lowest BCUT2D eigenvalue weighted by Crippen LogP contribution is -2.67. The Morgan fingerprint density at radius 3 is 3.09 bits per heavy atom. The molecule has 0 unspecified atom stereocenters. The number of nitrogens with one attached hydrogen (secondary N) is 1. The van der Waals surface area contributed by atoms with E-state index in [9.17, 15) is 4.79 Å². The summed E-state index contributed by atoms with van der Waals surface area (Å²) < 4.78 is 7.36. The zero-order valence-electron chi connectivity index (χ0n) is 12.9. The fourth-order valence-corrected chi connectivity index (χ4v) is 4.57. The van der Waals surface area contributed by atoms with Crippen molar-refractivity contribution in [3.05, 3.63) is 22.7 Å². The second kappa shape index (κ2) is 5.68. The van der Waals surface area contributed by atoms with Crippen molar-refractivity contribution in [1.29, 1.82) is 0 Å². The molecule has 0 saturated heterocycles. The molecule has 2 atom stereocenters. The largest absolute Gasteiger partial charge is 0.378 e. The maximum absolute atomic E-state index is 12.7. The average molecular weight is 333 g/mol. The van der Waals surface area contributed by atoms with Gasteiger partial charge >= 0.3 is 0 Å². The number of ether oxygens (including phenoxy) is 1. The molecule has 1 N–H and O–H groups in total. The van der Waals surface area contributed by atoms with E-state index in [1.165, 1.54) is 28.8 Å². The van der Waals surface area contributed by atoms with Crippen molar-refractivity contribution in [1.82, 2.24) is 25.5 Å². The lowest BCUT2D eigenvalue weighted by atomic mass is 9.51. The van der Waals surface area contributed by atoms with Crippen LogP contribution in [0, 0.1) is 5.41 Å². The Labute approximate surface area is 138 Å². The quantitative estimate of drug-likeness (QED) is 0.902. The van der Waals surface area contributed by atoms with E-state index < -0.39 is 0 Å². The summed E-state index contributed by atoms with van der Waals surface area (Å²) in [6, 6.07) is 2.07. The Morgan fingerprint density at radius 2 is 2.43 bits per heavy atom. The monoisotopic (exact) mass is 333 g/mol. The Morgan fingerprint density at radius 1 is 1.57 bits per heavy atom. The number of carbonyl (C=O) groups excluding carboxylic acids is 1. The predicted octanol–water partition coefficient (Wildman–Crippen LogP) is 1.80. The van der Waals surface area contributed by atoms with Gasteiger partial charge in [0.25, 0.3) is 5.91 Å². The molecule has 122 valence electrons. The number of amides is 1. The fourth-order valence-electron chi connectivity index (χ4n) is 3.79. The Hall–Kier alpha value is -1.80. The molecule has 0 aromatic carbocycles. The van der Waals surface area contributed by atoms with E-state index in [-0.39, 0.29) is 17.4 Å². The summed E-state index contributed by atoms with van der Waals surface area (Å²) in [5, 5.41) is 16.2. The van der Waals surface area contributed by atoms with Gasteiger partial charge in [-0.3, -0.25) is 4.79 Å². The number of hydrogen-bond acceptors (Lipinski definition) is 6. The summed E-state index contributed by atoms with van der Waals surface area (Å²) >= 11 is 1.41. The molecular formula is C15H19N5O2S. The molecule has 0 aliphatic heterocycles. The first-order chi connectivity index (χ1) is 11.2. The van der Waals surface area contributed by atoms with Crippen LogP contribution in [0.5, 0.6) is 0 Å². The van der Waals surface area contributed by atoms with Crippen molar-refractivity contribution in [2.75, 3.05) is 6.61 Å². The topological polar surface area (TPSA) is 81.9 Å². The standard InChI is InChI=1S/C15H19N5O2S/c1-2-22-12-8-11(15(12)5-3-6-15)17-14(21)13-10(4-7-23-13)20-9-16-18-19-20/h4,7,9,11-12H,2-3,5-6,8H2,1H3,(H,17,21)/t11-,12+/m0/s1. The van der Waals surface area contributed by atoms with Gasteiger partial charge in [-0.05, 0) is 48.1 Å². The third-order valence-electron chi connectivity index (χ3n) is 5.19. The minimum absolute atomic E-state index is 0.0447. The van der Waals surface area contributed by atoms with E-state index in [0.717, 1.165) is 31.6 Å². The number of tetrazole rings is 1. The fraction of sp³-hybridized carbons (Fsp3) is 0.600. The van der Waals surface area contributed by atoms with Crippen molar-refractivity contribution >= 4 is 17.2 Å². The van der Waals surface area contributed by atoms with Gasteiger partial charge in [0.1, 0.15) is 11.2 Å². The van der Waals surface area contributed by atoms with Crippen LogP contribution in [0.3, 0.4) is 0 Å². The van der Waals surface area contributed by atoms with Crippen LogP contribution in [0.25, 0.3) is 5.69 Å². The number of rotatable bonds is 5. The van der Waals surface area contributed by atoms with Gasteiger partial charge in [-0.1, -0.05) is 6.42 Å². The zero-order chi connectivity index (χ0) is 15.9. The predicted molar refractivity (Wildman–Crippen MR) is 84.6 cm³/mol. The van der Waals surface area contributed by atoms with Crippen molar-refractivity contribution < 1.29 is 9.53 Å². The van der Waals surface area contributed by atoms with Gasteiger partial charge in [0.15, 0.2) is 0 Å². The van der Waals surface area contributed by atoms with Crippen LogP contribution in [-0.4, -0.2) is 44.9 Å². The Bertz CT molecular complexity index is 695. The Kier molecular flexibility index (Phi) is 3.65. The first-order valence-electron chi connectivity index (χ1n) is 7.98. The summed E-state index contributed by atoms with van der Waals surface area (Å²) in [4.78, 5) is 13.3. The smallest absolute Gasteiger partial charge is 0.263 e. The maximum Gasteiger partial charge on any atom is 0.263 e. The summed E-state index contributed by atoms with van der Waals surface area (Å²) in [5.41, 5.74) is 0.888. The molecular weight excluding hydrogens is 314 g/mol. The van der Waals surface area contributed by atoms with Crippen molar-refractivity contribution in [3.8, 4) is 5.69 Å². The molecule has 23 heavy (non-hydrogen) atoms. The molecule has 2 heterocycles. The van der Waals surface area contributed by atoms with Crippen LogP contribution < -0.4 is 5.32 Å². The van der Waals surface area contributed by atoms with E-state index in [1.54, 1.807) is 0 Å². The first-order valence-corrected chi connectivity index (χ1v) is 8.86. The van der Waals surface area contributed by atoms with Crippen LogP contribution in [0.2, 0.25) is 0 Å². The molecule has 2 aliphatic rings. The molecule has 2 aromatic heterocycles. The highest BCUT2D eigenvalue weighted by Crippen LogP contribution is 2.57. The minimum atomic E-state index is -0.0447. The number of thiophene rings is 1. The lowest BCUT2D eigenvalue weighted by molar-refractivity contribution is -0.169. The molecule has 2 fully saturated rings. The van der Waals surface area contributed by atoms with E-state index in [2.05, 4.69) is 20.8 Å². The summed E-state index contributed by atoms with van der Waals surface area (Å²) in [6.45, 7) is 2.77. The second-order valence-corrected chi connectivity index (χ2v) is 7.10. The summed E-state index contributed by atoms with van der Waals surface area (Å²) in [5.74, 6) is -0.0447. The van der Waals surface area contributed by atoms with Gasteiger partial charge < -0.3 is 10.1 Å². The molecule has 7 nitrogen and oxygen atoms in total. The molecule has 2 aliphatic carbocycles. The highest BCUT2D eigenvalue weighted by atomic mass is 32.1. The van der Waals surface area contributed by atoms with Crippen molar-refractivity contribution in [2.24, 2.45) is 5.41 Å². The van der Waals surface area contributed by atoms with Crippen LogP contribution in [-0.2, 0) is 4.74 Å². The number of hydrogen-bond donors (Lipinski definition) is 1. The summed E-state index contributed by atoms with van der Waals surface area (Å²) in [6.07, 6.45) is 6.23. The number of nitrogens with zero attached hydrogens (tertiary/aromatic N) is 4. The lowest BCUT2D eigenvalue weighted by Gasteiger charge is -2.60. The molecule has 1 amide bonds. The van der Waals surface area contributed by atoms with Crippen LogP contribution in [0.1, 0.15) is 42.3 Å². The normalized spacial score (nSPS) is 24.9. The SMILES string of the molecule is CCO[C@@H]1C[C@H](NC(=O)c2sccc2-n2cnnn2)C12CCC2. The zero-order valence-corrected chi connectivity index (χ0v) is 13.8.